The van der Waals surface area contributed by atoms with Crippen molar-refractivity contribution in [2.45, 2.75) is 78.4 Å². The molecule has 0 aromatic heterocycles. The van der Waals surface area contributed by atoms with Crippen molar-refractivity contribution in [1.82, 2.24) is 10.2 Å². The minimum absolute atomic E-state index is 0.0995. The van der Waals surface area contributed by atoms with E-state index in [9.17, 15) is 18.0 Å². The molecule has 0 unspecified atom stereocenters. The van der Waals surface area contributed by atoms with Crippen molar-refractivity contribution < 1.29 is 22.7 Å². The van der Waals surface area contributed by atoms with Crippen LogP contribution in [0.15, 0.2) is 48.5 Å². The van der Waals surface area contributed by atoms with Gasteiger partial charge in [-0.1, -0.05) is 38.1 Å². The largest absolute Gasteiger partial charge is 0.497 e. The molecule has 0 radical (unpaired) electrons. The van der Waals surface area contributed by atoms with Crippen LogP contribution in [-0.4, -0.2) is 56.6 Å². The fourth-order valence-electron chi connectivity index (χ4n) is 4.24. The molecule has 0 aliphatic carbocycles. The Hall–Kier alpha value is -3.07. The summed E-state index contributed by atoms with van der Waals surface area (Å²) in [6.07, 6.45) is 2.88. The van der Waals surface area contributed by atoms with E-state index >= 15 is 0 Å². The molecular weight excluding hydrogens is 502 g/mol. The maximum atomic E-state index is 13.6. The molecule has 0 spiro atoms. The number of methoxy groups -OCH3 is 1. The summed E-state index contributed by atoms with van der Waals surface area (Å²) >= 11 is 0. The van der Waals surface area contributed by atoms with Gasteiger partial charge in [0.1, 0.15) is 11.8 Å². The lowest BCUT2D eigenvalue weighted by Crippen LogP contribution is -2.53. The van der Waals surface area contributed by atoms with Gasteiger partial charge in [0, 0.05) is 25.0 Å². The van der Waals surface area contributed by atoms with Gasteiger partial charge in [0.25, 0.3) is 0 Å². The SMILES string of the molecule is CCc1ccc(N(CCCC(=O)N(Cc2cccc(OC)c2)[C@@H](CC)C(=O)NC(C)(C)C)S(C)(=O)=O)cc1. The van der Waals surface area contributed by atoms with E-state index < -0.39 is 21.6 Å². The second-order valence-electron chi connectivity index (χ2n) is 10.5. The quantitative estimate of drug-likeness (QED) is 0.399. The Labute approximate surface area is 228 Å². The first-order valence-electron chi connectivity index (χ1n) is 13.1. The van der Waals surface area contributed by atoms with Gasteiger partial charge in [0.15, 0.2) is 0 Å². The summed E-state index contributed by atoms with van der Waals surface area (Å²) in [6.45, 7) is 10.0. The van der Waals surface area contributed by atoms with Gasteiger partial charge in [-0.05, 0) is 75.4 Å². The van der Waals surface area contributed by atoms with Crippen LogP contribution in [0, 0.1) is 0 Å². The zero-order valence-electron chi connectivity index (χ0n) is 23.8. The Kier molecular flexibility index (Phi) is 11.2. The van der Waals surface area contributed by atoms with Crippen LogP contribution in [0.3, 0.4) is 0 Å². The van der Waals surface area contributed by atoms with Crippen LogP contribution in [-0.2, 0) is 32.6 Å². The highest BCUT2D eigenvalue weighted by Crippen LogP contribution is 2.22. The number of aryl methyl sites for hydroxylation is 1. The number of anilines is 1. The zero-order valence-corrected chi connectivity index (χ0v) is 24.6. The summed E-state index contributed by atoms with van der Waals surface area (Å²) in [5, 5.41) is 2.99. The first-order chi connectivity index (χ1) is 17.8. The Morgan fingerprint density at radius 1 is 1.03 bits per heavy atom. The number of hydrogen-bond acceptors (Lipinski definition) is 5. The van der Waals surface area contributed by atoms with Gasteiger partial charge in [0.2, 0.25) is 21.8 Å². The monoisotopic (exact) mass is 545 g/mol. The minimum Gasteiger partial charge on any atom is -0.497 e. The van der Waals surface area contributed by atoms with E-state index in [4.69, 9.17) is 4.74 Å². The second-order valence-corrected chi connectivity index (χ2v) is 12.4. The van der Waals surface area contributed by atoms with Crippen LogP contribution < -0.4 is 14.4 Å². The van der Waals surface area contributed by atoms with E-state index in [1.807, 2.05) is 71.0 Å². The van der Waals surface area contributed by atoms with Gasteiger partial charge >= 0.3 is 0 Å². The molecule has 0 heterocycles. The summed E-state index contributed by atoms with van der Waals surface area (Å²) in [6, 6.07) is 14.2. The predicted molar refractivity (Wildman–Crippen MR) is 153 cm³/mol. The van der Waals surface area contributed by atoms with Crippen LogP contribution in [0.25, 0.3) is 0 Å². The third kappa shape index (κ3) is 9.35. The van der Waals surface area contributed by atoms with Crippen LogP contribution in [0.2, 0.25) is 0 Å². The molecule has 2 rings (SSSR count). The van der Waals surface area contributed by atoms with E-state index in [2.05, 4.69) is 5.32 Å². The van der Waals surface area contributed by atoms with Gasteiger partial charge in [-0.15, -0.1) is 0 Å². The first kappa shape index (κ1) is 31.1. The molecule has 0 aliphatic rings. The molecule has 1 N–H and O–H groups in total. The number of carbonyl (C=O) groups excluding carboxylic acids is 2. The summed E-state index contributed by atoms with van der Waals surface area (Å²) in [4.78, 5) is 28.3. The molecule has 210 valence electrons. The van der Waals surface area contributed by atoms with E-state index in [0.717, 1.165) is 17.5 Å². The number of sulfonamides is 1. The lowest BCUT2D eigenvalue weighted by molar-refractivity contribution is -0.142. The summed E-state index contributed by atoms with van der Waals surface area (Å²) in [5.41, 5.74) is 2.08. The van der Waals surface area contributed by atoms with Crippen molar-refractivity contribution in [3.63, 3.8) is 0 Å². The predicted octanol–water partition coefficient (Wildman–Crippen LogP) is 4.53. The molecule has 2 aromatic rings. The normalized spacial score (nSPS) is 12.5. The minimum atomic E-state index is -3.54. The number of amides is 2. The average Bonchev–Trinajstić information content (AvgIpc) is 2.84. The number of benzene rings is 2. The topological polar surface area (TPSA) is 96.0 Å². The number of carbonyl (C=O) groups is 2. The number of hydrogen-bond donors (Lipinski definition) is 1. The third-order valence-corrected chi connectivity index (χ3v) is 7.35. The zero-order chi connectivity index (χ0) is 28.5. The van der Waals surface area contributed by atoms with Crippen molar-refractivity contribution in [3.05, 3.63) is 59.7 Å². The van der Waals surface area contributed by atoms with E-state index in [-0.39, 0.29) is 31.3 Å². The molecule has 2 aromatic carbocycles. The van der Waals surface area contributed by atoms with Gasteiger partial charge in [-0.25, -0.2) is 8.42 Å². The third-order valence-electron chi connectivity index (χ3n) is 6.16. The number of ether oxygens (including phenoxy) is 1. The maximum Gasteiger partial charge on any atom is 0.243 e. The fourth-order valence-corrected chi connectivity index (χ4v) is 5.21. The molecule has 0 fully saturated rings. The second kappa shape index (κ2) is 13.6. The molecule has 8 nitrogen and oxygen atoms in total. The Morgan fingerprint density at radius 2 is 1.68 bits per heavy atom. The van der Waals surface area contributed by atoms with Crippen molar-refractivity contribution in [2.75, 3.05) is 24.2 Å². The molecule has 0 bridgehead atoms. The highest BCUT2D eigenvalue weighted by Gasteiger charge is 2.30. The molecule has 9 heteroatoms. The lowest BCUT2D eigenvalue weighted by Gasteiger charge is -2.33. The molecule has 38 heavy (non-hydrogen) atoms. The van der Waals surface area contributed by atoms with E-state index in [0.29, 0.717) is 24.3 Å². The molecular formula is C29H43N3O5S. The van der Waals surface area contributed by atoms with Crippen molar-refractivity contribution >= 4 is 27.5 Å². The highest BCUT2D eigenvalue weighted by atomic mass is 32.2. The van der Waals surface area contributed by atoms with Gasteiger partial charge in [0.05, 0.1) is 19.1 Å². The number of nitrogens with one attached hydrogen (secondary N) is 1. The summed E-state index contributed by atoms with van der Waals surface area (Å²) < 4.78 is 31.7. The lowest BCUT2D eigenvalue weighted by atomic mass is 10.0. The van der Waals surface area contributed by atoms with E-state index in [1.54, 1.807) is 24.1 Å². The van der Waals surface area contributed by atoms with Gasteiger partial charge < -0.3 is 15.0 Å². The fraction of sp³-hybridized carbons (Fsp3) is 0.517. The number of rotatable bonds is 13. The molecule has 0 saturated carbocycles. The van der Waals surface area contributed by atoms with Gasteiger partial charge in [-0.3, -0.25) is 13.9 Å². The smallest absolute Gasteiger partial charge is 0.243 e. The Balaban J connectivity index is 2.25. The molecule has 0 aliphatic heterocycles. The standard InChI is InChI=1S/C29H43N3O5S/c1-8-22-15-17-24(18-16-22)32(38(7,35)36)19-11-14-27(33)31(21-23-12-10-13-25(20-23)37-6)26(9-2)28(34)30-29(3,4)5/h10,12-13,15-18,20,26H,8-9,11,14,19,21H2,1-7H3,(H,30,34)/t26-/m0/s1. The average molecular weight is 546 g/mol. The Morgan fingerprint density at radius 3 is 2.21 bits per heavy atom. The Bertz CT molecular complexity index is 1170. The number of nitrogens with zero attached hydrogens (tertiary/aromatic N) is 2. The van der Waals surface area contributed by atoms with Crippen LogP contribution in [0.5, 0.6) is 5.75 Å². The van der Waals surface area contributed by atoms with Crippen LogP contribution in [0.4, 0.5) is 5.69 Å². The summed E-state index contributed by atoms with van der Waals surface area (Å²) in [5.74, 6) is 0.239. The maximum absolute atomic E-state index is 13.6. The van der Waals surface area contributed by atoms with Crippen molar-refractivity contribution in [2.24, 2.45) is 0 Å². The molecule has 1 atom stereocenters. The van der Waals surface area contributed by atoms with Crippen LogP contribution in [0.1, 0.15) is 65.0 Å². The van der Waals surface area contributed by atoms with E-state index in [1.165, 1.54) is 10.6 Å². The van der Waals surface area contributed by atoms with Crippen LogP contribution >= 0.6 is 0 Å². The molecule has 2 amide bonds. The van der Waals surface area contributed by atoms with Gasteiger partial charge in [-0.2, -0.15) is 0 Å². The molecule has 0 saturated heterocycles. The van der Waals surface area contributed by atoms with Crippen molar-refractivity contribution in [1.29, 1.82) is 0 Å². The highest BCUT2D eigenvalue weighted by molar-refractivity contribution is 7.92. The first-order valence-corrected chi connectivity index (χ1v) is 14.9. The van der Waals surface area contributed by atoms with Crippen molar-refractivity contribution in [3.8, 4) is 5.75 Å². The summed E-state index contributed by atoms with van der Waals surface area (Å²) in [7, 11) is -1.96.